The molecule has 0 saturated carbocycles. The standard InChI is InChI=1S/C12H7NO3S/c14-11-8-4-1-2-6-10(8)17-13(11)12(15)9-5-3-7-16-9/h1-7H. The molecule has 0 radical (unpaired) electrons. The van der Waals surface area contributed by atoms with E-state index in [-0.39, 0.29) is 11.3 Å². The number of furan rings is 1. The van der Waals surface area contributed by atoms with Crippen LogP contribution in [-0.2, 0) is 0 Å². The van der Waals surface area contributed by atoms with Crippen molar-refractivity contribution in [3.8, 4) is 0 Å². The topological polar surface area (TPSA) is 52.2 Å². The molecule has 0 unspecified atom stereocenters. The minimum atomic E-state index is -0.429. The van der Waals surface area contributed by atoms with Crippen LogP contribution >= 0.6 is 11.5 Å². The summed E-state index contributed by atoms with van der Waals surface area (Å²) in [5.74, 6) is -0.264. The highest BCUT2D eigenvalue weighted by Gasteiger charge is 2.17. The first-order valence-corrected chi connectivity index (χ1v) is 5.74. The van der Waals surface area contributed by atoms with Gasteiger partial charge in [0, 0.05) is 0 Å². The highest BCUT2D eigenvalue weighted by Crippen LogP contribution is 2.17. The lowest BCUT2D eigenvalue weighted by Crippen LogP contribution is -2.21. The maximum absolute atomic E-state index is 12.0. The Balaban J connectivity index is 2.22. The van der Waals surface area contributed by atoms with E-state index in [2.05, 4.69) is 0 Å². The molecule has 0 spiro atoms. The molecule has 84 valence electrons. The van der Waals surface area contributed by atoms with Crippen LogP contribution in [-0.4, -0.2) is 9.86 Å². The quantitative estimate of drug-likeness (QED) is 0.661. The average Bonchev–Trinajstić information content (AvgIpc) is 2.97. The fourth-order valence-electron chi connectivity index (χ4n) is 1.61. The summed E-state index contributed by atoms with van der Waals surface area (Å²) < 4.78 is 6.90. The summed E-state index contributed by atoms with van der Waals surface area (Å²) in [5.41, 5.74) is -0.299. The van der Waals surface area contributed by atoms with Crippen LogP contribution in [0.25, 0.3) is 10.1 Å². The molecule has 0 aliphatic carbocycles. The molecule has 0 atom stereocenters. The molecule has 1 aromatic carbocycles. The zero-order valence-corrected chi connectivity index (χ0v) is 9.44. The minimum Gasteiger partial charge on any atom is -0.459 e. The van der Waals surface area contributed by atoms with Crippen molar-refractivity contribution in [3.05, 3.63) is 58.8 Å². The van der Waals surface area contributed by atoms with Crippen LogP contribution in [0.15, 0.2) is 51.9 Å². The van der Waals surface area contributed by atoms with E-state index in [0.717, 1.165) is 20.2 Å². The van der Waals surface area contributed by atoms with Crippen molar-refractivity contribution in [2.75, 3.05) is 0 Å². The van der Waals surface area contributed by atoms with Crippen molar-refractivity contribution in [3.63, 3.8) is 0 Å². The second-order valence-electron chi connectivity index (χ2n) is 3.47. The van der Waals surface area contributed by atoms with Crippen molar-refractivity contribution in [2.45, 2.75) is 0 Å². The largest absolute Gasteiger partial charge is 0.459 e. The summed E-state index contributed by atoms with van der Waals surface area (Å²) in [6, 6.07) is 10.3. The smallest absolute Gasteiger partial charge is 0.310 e. The molecule has 3 aromatic rings. The normalized spacial score (nSPS) is 10.8. The van der Waals surface area contributed by atoms with Crippen LogP contribution in [0.5, 0.6) is 0 Å². The van der Waals surface area contributed by atoms with E-state index >= 15 is 0 Å². The van der Waals surface area contributed by atoms with Gasteiger partial charge in [0.2, 0.25) is 0 Å². The van der Waals surface area contributed by atoms with Crippen LogP contribution in [0.3, 0.4) is 0 Å². The van der Waals surface area contributed by atoms with E-state index in [0.29, 0.717) is 5.39 Å². The molecule has 4 nitrogen and oxygen atoms in total. The van der Waals surface area contributed by atoms with Gasteiger partial charge in [-0.25, -0.2) is 0 Å². The van der Waals surface area contributed by atoms with Gasteiger partial charge >= 0.3 is 5.91 Å². The number of hydrogen-bond donors (Lipinski definition) is 0. The van der Waals surface area contributed by atoms with E-state index in [1.807, 2.05) is 12.1 Å². The predicted molar refractivity (Wildman–Crippen MR) is 64.5 cm³/mol. The van der Waals surface area contributed by atoms with Gasteiger partial charge in [-0.05, 0) is 35.8 Å². The summed E-state index contributed by atoms with van der Waals surface area (Å²) in [4.78, 5) is 24.0. The van der Waals surface area contributed by atoms with Gasteiger partial charge in [-0.1, -0.05) is 12.1 Å². The molecule has 0 bridgehead atoms. The van der Waals surface area contributed by atoms with Crippen LogP contribution in [0.2, 0.25) is 0 Å². The Morgan fingerprint density at radius 3 is 2.71 bits per heavy atom. The van der Waals surface area contributed by atoms with Crippen molar-refractivity contribution < 1.29 is 9.21 Å². The zero-order chi connectivity index (χ0) is 11.8. The highest BCUT2D eigenvalue weighted by molar-refractivity contribution is 7.14. The molecular formula is C12H7NO3S. The van der Waals surface area contributed by atoms with Crippen LogP contribution in [0, 0.1) is 0 Å². The SMILES string of the molecule is O=C(c1ccco1)n1sc2ccccc2c1=O. The van der Waals surface area contributed by atoms with Crippen LogP contribution in [0.1, 0.15) is 10.6 Å². The summed E-state index contributed by atoms with van der Waals surface area (Å²) in [6.45, 7) is 0. The molecule has 2 aromatic heterocycles. The summed E-state index contributed by atoms with van der Waals surface area (Å²) >= 11 is 1.12. The first-order chi connectivity index (χ1) is 8.27. The second-order valence-corrected chi connectivity index (χ2v) is 4.46. The molecule has 0 fully saturated rings. The van der Waals surface area contributed by atoms with Gasteiger partial charge < -0.3 is 4.42 Å². The van der Waals surface area contributed by atoms with Crippen molar-refractivity contribution in [1.29, 1.82) is 0 Å². The molecule has 17 heavy (non-hydrogen) atoms. The fraction of sp³-hybridized carbons (Fsp3) is 0. The highest BCUT2D eigenvalue weighted by atomic mass is 32.1. The summed E-state index contributed by atoms with van der Waals surface area (Å²) in [6.07, 6.45) is 1.41. The van der Waals surface area contributed by atoms with E-state index in [1.165, 1.54) is 6.26 Å². The van der Waals surface area contributed by atoms with E-state index in [4.69, 9.17) is 4.42 Å². The first kappa shape index (κ1) is 10.0. The third kappa shape index (κ3) is 1.52. The lowest BCUT2D eigenvalue weighted by atomic mass is 10.3. The van der Waals surface area contributed by atoms with Crippen molar-refractivity contribution in [2.24, 2.45) is 0 Å². The second kappa shape index (κ2) is 3.71. The van der Waals surface area contributed by atoms with E-state index in [1.54, 1.807) is 24.3 Å². The minimum absolute atomic E-state index is 0.165. The molecule has 0 saturated heterocycles. The Morgan fingerprint density at radius 2 is 2.00 bits per heavy atom. The maximum atomic E-state index is 12.0. The molecule has 5 heteroatoms. The number of aromatic nitrogens is 1. The monoisotopic (exact) mass is 245 g/mol. The van der Waals surface area contributed by atoms with E-state index in [9.17, 15) is 9.59 Å². The maximum Gasteiger partial charge on any atom is 0.310 e. The van der Waals surface area contributed by atoms with Gasteiger partial charge in [-0.2, -0.15) is 3.96 Å². The fourth-order valence-corrected chi connectivity index (χ4v) is 2.55. The molecule has 2 heterocycles. The Labute approximate surface area is 99.9 Å². The number of nitrogens with zero attached hydrogens (tertiary/aromatic N) is 1. The molecule has 0 aliphatic heterocycles. The van der Waals surface area contributed by atoms with Gasteiger partial charge in [0.25, 0.3) is 5.56 Å². The van der Waals surface area contributed by atoms with Gasteiger partial charge in [-0.15, -0.1) is 0 Å². The predicted octanol–water partition coefficient (Wildman–Crippen LogP) is 2.34. The number of carbonyl (C=O) groups is 1. The van der Waals surface area contributed by atoms with Gasteiger partial charge in [0.1, 0.15) is 0 Å². The van der Waals surface area contributed by atoms with Gasteiger partial charge in [-0.3, -0.25) is 9.59 Å². The van der Waals surface area contributed by atoms with Gasteiger partial charge in [0.05, 0.1) is 16.3 Å². The number of fused-ring (bicyclic) bond motifs is 1. The first-order valence-electron chi connectivity index (χ1n) is 4.96. The number of hydrogen-bond acceptors (Lipinski definition) is 4. The van der Waals surface area contributed by atoms with Crippen LogP contribution in [0.4, 0.5) is 0 Å². The lowest BCUT2D eigenvalue weighted by Gasteiger charge is -1.93. The van der Waals surface area contributed by atoms with Crippen LogP contribution < -0.4 is 5.56 Å². The number of rotatable bonds is 1. The zero-order valence-electron chi connectivity index (χ0n) is 8.62. The Morgan fingerprint density at radius 1 is 1.18 bits per heavy atom. The van der Waals surface area contributed by atoms with E-state index < -0.39 is 5.91 Å². The summed E-state index contributed by atoms with van der Waals surface area (Å²) in [5, 5.41) is 0.553. The Kier molecular flexibility index (Phi) is 2.19. The summed E-state index contributed by atoms with van der Waals surface area (Å²) in [7, 11) is 0. The molecule has 0 aliphatic rings. The van der Waals surface area contributed by atoms with Crippen molar-refractivity contribution in [1.82, 2.24) is 3.96 Å². The third-order valence-corrected chi connectivity index (χ3v) is 3.47. The van der Waals surface area contributed by atoms with Gasteiger partial charge in [0.15, 0.2) is 5.76 Å². The molecular weight excluding hydrogens is 238 g/mol. The number of carbonyl (C=O) groups excluding carboxylic acids is 1. The third-order valence-electron chi connectivity index (χ3n) is 2.41. The lowest BCUT2D eigenvalue weighted by molar-refractivity contribution is 0.0941. The average molecular weight is 245 g/mol. The molecule has 0 amide bonds. The van der Waals surface area contributed by atoms with Crippen molar-refractivity contribution >= 4 is 27.5 Å². The molecule has 0 N–H and O–H groups in total. The Bertz CT molecular complexity index is 737. The Hall–Kier alpha value is -2.14. The molecule has 3 rings (SSSR count). The number of benzene rings is 1.